The number of carbonyl (C=O) groups is 1. The van der Waals surface area contributed by atoms with E-state index in [0.29, 0.717) is 6.04 Å². The van der Waals surface area contributed by atoms with Crippen LogP contribution >= 0.6 is 0 Å². The SMILES string of the molecule is C=CC(=O)N[C@@H]1CNC[C@H](c2cn(C(C)C)nn2)C1. The lowest BCUT2D eigenvalue weighted by molar-refractivity contribution is -0.117. The van der Waals surface area contributed by atoms with E-state index in [1.54, 1.807) is 0 Å². The molecule has 1 amide bonds. The van der Waals surface area contributed by atoms with Crippen LogP contribution in [0.25, 0.3) is 0 Å². The average molecular weight is 263 g/mol. The summed E-state index contributed by atoms with van der Waals surface area (Å²) in [6, 6.07) is 0.433. The molecule has 2 rings (SSSR count). The van der Waals surface area contributed by atoms with Crippen molar-refractivity contribution in [2.24, 2.45) is 0 Å². The number of nitrogens with zero attached hydrogens (tertiary/aromatic N) is 3. The van der Waals surface area contributed by atoms with Gasteiger partial charge < -0.3 is 10.6 Å². The molecule has 19 heavy (non-hydrogen) atoms. The lowest BCUT2D eigenvalue weighted by atomic mass is 9.93. The molecule has 0 unspecified atom stereocenters. The monoisotopic (exact) mass is 263 g/mol. The second kappa shape index (κ2) is 5.97. The standard InChI is InChI=1S/C13H21N5O/c1-4-13(19)15-11-5-10(6-14-7-11)12-8-18(9(2)3)17-16-12/h4,8-11,14H,1,5-7H2,2-3H3,(H,15,19)/t10-,11+/m1/s1. The molecule has 6 nitrogen and oxygen atoms in total. The van der Waals surface area contributed by atoms with Gasteiger partial charge in [-0.1, -0.05) is 11.8 Å². The topological polar surface area (TPSA) is 71.8 Å². The highest BCUT2D eigenvalue weighted by Gasteiger charge is 2.25. The number of amides is 1. The Bertz CT molecular complexity index is 454. The van der Waals surface area contributed by atoms with Crippen LogP contribution in [0.4, 0.5) is 0 Å². The summed E-state index contributed by atoms with van der Waals surface area (Å²) in [5, 5.41) is 14.6. The molecule has 1 fully saturated rings. The average Bonchev–Trinajstić information content (AvgIpc) is 2.88. The van der Waals surface area contributed by atoms with Gasteiger partial charge in [-0.05, 0) is 26.3 Å². The van der Waals surface area contributed by atoms with Gasteiger partial charge in [0, 0.05) is 37.3 Å². The van der Waals surface area contributed by atoms with Crippen molar-refractivity contribution < 1.29 is 4.79 Å². The van der Waals surface area contributed by atoms with Crippen molar-refractivity contribution in [1.82, 2.24) is 25.6 Å². The molecule has 1 aromatic rings. The number of piperidine rings is 1. The van der Waals surface area contributed by atoms with Crippen molar-refractivity contribution in [3.63, 3.8) is 0 Å². The zero-order valence-corrected chi connectivity index (χ0v) is 11.5. The lowest BCUT2D eigenvalue weighted by Gasteiger charge is -2.29. The Labute approximate surface area is 113 Å². The third kappa shape index (κ3) is 3.41. The summed E-state index contributed by atoms with van der Waals surface area (Å²) in [6.45, 7) is 9.27. The van der Waals surface area contributed by atoms with Crippen LogP contribution in [0.1, 0.15) is 37.9 Å². The van der Waals surface area contributed by atoms with E-state index in [-0.39, 0.29) is 17.9 Å². The summed E-state index contributed by atoms with van der Waals surface area (Å²) < 4.78 is 1.86. The Morgan fingerprint density at radius 1 is 1.63 bits per heavy atom. The van der Waals surface area contributed by atoms with Gasteiger partial charge in [0.1, 0.15) is 0 Å². The Morgan fingerprint density at radius 2 is 2.42 bits per heavy atom. The Hall–Kier alpha value is -1.69. The number of hydrogen-bond donors (Lipinski definition) is 2. The van der Waals surface area contributed by atoms with E-state index in [2.05, 4.69) is 41.4 Å². The molecule has 6 heteroatoms. The predicted octanol–water partition coefficient (Wildman–Crippen LogP) is 0.607. The van der Waals surface area contributed by atoms with Crippen LogP contribution in [-0.4, -0.2) is 40.0 Å². The van der Waals surface area contributed by atoms with Gasteiger partial charge >= 0.3 is 0 Å². The minimum absolute atomic E-state index is 0.119. The maximum Gasteiger partial charge on any atom is 0.243 e. The van der Waals surface area contributed by atoms with E-state index in [1.807, 2.05) is 10.9 Å². The third-order valence-corrected chi connectivity index (χ3v) is 3.36. The zero-order chi connectivity index (χ0) is 13.8. The number of nitrogens with one attached hydrogen (secondary N) is 2. The van der Waals surface area contributed by atoms with Gasteiger partial charge in [-0.2, -0.15) is 0 Å². The van der Waals surface area contributed by atoms with Crippen molar-refractivity contribution in [2.45, 2.75) is 38.3 Å². The second-order valence-corrected chi connectivity index (χ2v) is 5.22. The fourth-order valence-corrected chi connectivity index (χ4v) is 2.27. The quantitative estimate of drug-likeness (QED) is 0.781. The van der Waals surface area contributed by atoms with E-state index in [4.69, 9.17) is 0 Å². The molecule has 1 saturated heterocycles. The molecule has 104 valence electrons. The first-order chi connectivity index (χ1) is 9.10. The summed E-state index contributed by atoms with van der Waals surface area (Å²) in [6.07, 6.45) is 4.18. The molecule has 2 atom stereocenters. The van der Waals surface area contributed by atoms with Crippen LogP contribution in [-0.2, 0) is 4.79 Å². The summed E-state index contributed by atoms with van der Waals surface area (Å²) in [4.78, 5) is 11.3. The largest absolute Gasteiger partial charge is 0.349 e. The molecule has 0 radical (unpaired) electrons. The lowest BCUT2D eigenvalue weighted by Crippen LogP contribution is -2.47. The van der Waals surface area contributed by atoms with Crippen molar-refractivity contribution >= 4 is 5.91 Å². The van der Waals surface area contributed by atoms with Gasteiger partial charge in [-0.3, -0.25) is 4.79 Å². The summed E-state index contributed by atoms with van der Waals surface area (Å²) in [7, 11) is 0. The third-order valence-electron chi connectivity index (χ3n) is 3.36. The van der Waals surface area contributed by atoms with Gasteiger partial charge in [0.15, 0.2) is 0 Å². The number of aromatic nitrogens is 3. The highest BCUT2D eigenvalue weighted by Crippen LogP contribution is 2.22. The van der Waals surface area contributed by atoms with Gasteiger partial charge in [-0.25, -0.2) is 4.68 Å². The molecule has 0 aliphatic carbocycles. The molecule has 0 saturated carbocycles. The molecule has 0 bridgehead atoms. The van der Waals surface area contributed by atoms with Crippen molar-refractivity contribution in [1.29, 1.82) is 0 Å². The van der Waals surface area contributed by atoms with E-state index < -0.39 is 0 Å². The van der Waals surface area contributed by atoms with Crippen molar-refractivity contribution in [2.75, 3.05) is 13.1 Å². The van der Waals surface area contributed by atoms with Crippen LogP contribution in [0, 0.1) is 0 Å². The Balaban J connectivity index is 1.99. The van der Waals surface area contributed by atoms with Gasteiger partial charge in [-0.15, -0.1) is 5.10 Å². The minimum Gasteiger partial charge on any atom is -0.349 e. The molecular weight excluding hydrogens is 242 g/mol. The highest BCUT2D eigenvalue weighted by molar-refractivity contribution is 5.87. The summed E-state index contributed by atoms with van der Waals surface area (Å²) in [5.41, 5.74) is 0.985. The van der Waals surface area contributed by atoms with E-state index in [1.165, 1.54) is 6.08 Å². The fourth-order valence-electron chi connectivity index (χ4n) is 2.27. The maximum atomic E-state index is 11.3. The molecule has 2 heterocycles. The molecule has 0 aromatic carbocycles. The number of carbonyl (C=O) groups excluding carboxylic acids is 1. The highest BCUT2D eigenvalue weighted by atomic mass is 16.1. The smallest absolute Gasteiger partial charge is 0.243 e. The first-order valence-electron chi connectivity index (χ1n) is 6.65. The maximum absolute atomic E-state index is 11.3. The predicted molar refractivity (Wildman–Crippen MR) is 72.8 cm³/mol. The zero-order valence-electron chi connectivity index (χ0n) is 11.5. The first-order valence-corrected chi connectivity index (χ1v) is 6.65. The Kier molecular flexibility index (Phi) is 4.31. The molecule has 1 aromatic heterocycles. The van der Waals surface area contributed by atoms with Gasteiger partial charge in [0.2, 0.25) is 5.91 Å². The normalized spacial score (nSPS) is 23.3. The fraction of sp³-hybridized carbons (Fsp3) is 0.615. The summed E-state index contributed by atoms with van der Waals surface area (Å²) >= 11 is 0. The van der Waals surface area contributed by atoms with E-state index >= 15 is 0 Å². The number of hydrogen-bond acceptors (Lipinski definition) is 4. The van der Waals surface area contributed by atoms with Crippen LogP contribution in [0.2, 0.25) is 0 Å². The van der Waals surface area contributed by atoms with E-state index in [0.717, 1.165) is 25.2 Å². The molecule has 0 spiro atoms. The number of rotatable bonds is 4. The van der Waals surface area contributed by atoms with Gasteiger partial charge in [0.25, 0.3) is 0 Å². The van der Waals surface area contributed by atoms with Crippen LogP contribution in [0.5, 0.6) is 0 Å². The molecule has 1 aliphatic heterocycles. The Morgan fingerprint density at radius 3 is 3.05 bits per heavy atom. The molecule has 1 aliphatic rings. The van der Waals surface area contributed by atoms with Crippen LogP contribution in [0.15, 0.2) is 18.9 Å². The second-order valence-electron chi connectivity index (χ2n) is 5.22. The molecule has 2 N–H and O–H groups in total. The minimum atomic E-state index is -0.127. The van der Waals surface area contributed by atoms with Crippen molar-refractivity contribution in [3.8, 4) is 0 Å². The molecular formula is C13H21N5O. The van der Waals surface area contributed by atoms with E-state index in [9.17, 15) is 4.79 Å². The first kappa shape index (κ1) is 13.7. The summed E-state index contributed by atoms with van der Waals surface area (Å²) in [5.74, 6) is 0.162. The van der Waals surface area contributed by atoms with Crippen LogP contribution in [0.3, 0.4) is 0 Å². The van der Waals surface area contributed by atoms with Crippen molar-refractivity contribution in [3.05, 3.63) is 24.5 Å². The van der Waals surface area contributed by atoms with Gasteiger partial charge in [0.05, 0.1) is 5.69 Å². The van der Waals surface area contributed by atoms with Crippen LogP contribution < -0.4 is 10.6 Å².